The van der Waals surface area contributed by atoms with Crippen LogP contribution in [0.4, 0.5) is 16.3 Å². The zero-order valence-corrected chi connectivity index (χ0v) is 15.7. The van der Waals surface area contributed by atoms with E-state index in [4.69, 9.17) is 32.5 Å². The first kappa shape index (κ1) is 20.0. The van der Waals surface area contributed by atoms with Crippen LogP contribution in [0.1, 0.15) is 5.76 Å². The van der Waals surface area contributed by atoms with E-state index in [0.717, 1.165) is 0 Å². The van der Waals surface area contributed by atoms with Gasteiger partial charge in [-0.3, -0.25) is 4.79 Å². The van der Waals surface area contributed by atoms with Crippen LogP contribution in [0.2, 0.25) is 10.0 Å². The smallest absolute Gasteiger partial charge is 0.322 e. The molecule has 0 spiro atoms. The first-order valence-electron chi connectivity index (χ1n) is 7.62. The minimum Gasteiger partial charge on any atom is -0.383 e. The molecule has 1 aromatic heterocycles. The number of nitrogens with one attached hydrogen (secondary N) is 2. The van der Waals surface area contributed by atoms with Gasteiger partial charge in [-0.25, -0.2) is 4.79 Å². The SMILES string of the molecule is COCCN(CC(=O)Nc1cc(C)on1)C(=O)Nc1ccc(Cl)cc1Cl. The minimum absolute atomic E-state index is 0.202. The molecule has 0 aliphatic heterocycles. The topological polar surface area (TPSA) is 96.7 Å². The highest BCUT2D eigenvalue weighted by Gasteiger charge is 2.19. The van der Waals surface area contributed by atoms with E-state index in [9.17, 15) is 9.59 Å². The molecule has 2 aromatic rings. The van der Waals surface area contributed by atoms with E-state index in [1.54, 1.807) is 25.1 Å². The van der Waals surface area contributed by atoms with Gasteiger partial charge in [-0.2, -0.15) is 0 Å². The summed E-state index contributed by atoms with van der Waals surface area (Å²) in [7, 11) is 1.50. The van der Waals surface area contributed by atoms with Crippen molar-refractivity contribution in [3.8, 4) is 0 Å². The molecule has 0 saturated carbocycles. The molecule has 0 atom stereocenters. The summed E-state index contributed by atoms with van der Waals surface area (Å²) in [5, 5.41) is 9.62. The van der Waals surface area contributed by atoms with Gasteiger partial charge in [0, 0.05) is 24.7 Å². The van der Waals surface area contributed by atoms with Gasteiger partial charge in [-0.15, -0.1) is 0 Å². The molecule has 1 heterocycles. The standard InChI is InChI=1S/C16H18Cl2N4O4/c1-10-7-14(21-26-10)20-15(23)9-22(5-6-25-2)16(24)19-13-4-3-11(17)8-12(13)18/h3-4,7-8H,5-6,9H2,1-2H3,(H,19,24)(H,20,21,23). The molecule has 1 aromatic carbocycles. The van der Waals surface area contributed by atoms with Gasteiger partial charge in [0.05, 0.1) is 17.3 Å². The number of hydrogen-bond donors (Lipinski definition) is 2. The van der Waals surface area contributed by atoms with Crippen LogP contribution in [0.25, 0.3) is 0 Å². The van der Waals surface area contributed by atoms with Gasteiger partial charge in [-0.1, -0.05) is 28.4 Å². The van der Waals surface area contributed by atoms with E-state index >= 15 is 0 Å². The third kappa shape index (κ3) is 5.91. The molecular formula is C16H18Cl2N4O4. The van der Waals surface area contributed by atoms with Crippen molar-refractivity contribution in [2.75, 3.05) is 37.4 Å². The first-order valence-corrected chi connectivity index (χ1v) is 8.37. The predicted octanol–water partition coefficient (Wildman–Crippen LogP) is 3.41. The minimum atomic E-state index is -0.502. The summed E-state index contributed by atoms with van der Waals surface area (Å²) < 4.78 is 9.87. The Morgan fingerprint density at radius 2 is 2.04 bits per heavy atom. The number of benzene rings is 1. The molecule has 0 aliphatic rings. The molecule has 10 heteroatoms. The number of methoxy groups -OCH3 is 1. The van der Waals surface area contributed by atoms with Gasteiger partial charge in [0.2, 0.25) is 5.91 Å². The molecule has 8 nitrogen and oxygen atoms in total. The highest BCUT2D eigenvalue weighted by atomic mass is 35.5. The molecule has 140 valence electrons. The average molecular weight is 401 g/mol. The largest absolute Gasteiger partial charge is 0.383 e. The molecule has 0 unspecified atom stereocenters. The number of aryl methyl sites for hydroxylation is 1. The second-order valence-corrected chi connectivity index (χ2v) is 6.18. The second kappa shape index (κ2) is 9.42. The monoisotopic (exact) mass is 400 g/mol. The summed E-state index contributed by atoms with van der Waals surface area (Å²) in [4.78, 5) is 26.0. The number of anilines is 2. The van der Waals surface area contributed by atoms with Crippen LogP contribution < -0.4 is 10.6 Å². The normalized spacial score (nSPS) is 10.5. The van der Waals surface area contributed by atoms with Gasteiger partial charge in [0.15, 0.2) is 5.82 Å². The lowest BCUT2D eigenvalue weighted by atomic mass is 10.3. The van der Waals surface area contributed by atoms with E-state index in [2.05, 4.69) is 15.8 Å². The van der Waals surface area contributed by atoms with Gasteiger partial charge >= 0.3 is 6.03 Å². The zero-order chi connectivity index (χ0) is 19.1. The number of amides is 3. The van der Waals surface area contributed by atoms with Crippen LogP contribution in [0.3, 0.4) is 0 Å². The van der Waals surface area contributed by atoms with Crippen molar-refractivity contribution in [1.82, 2.24) is 10.1 Å². The van der Waals surface area contributed by atoms with Crippen LogP contribution in [-0.2, 0) is 9.53 Å². The fourth-order valence-corrected chi connectivity index (χ4v) is 2.48. The maximum absolute atomic E-state index is 12.5. The van der Waals surface area contributed by atoms with E-state index in [-0.39, 0.29) is 25.5 Å². The maximum Gasteiger partial charge on any atom is 0.322 e. The Labute approximate surface area is 160 Å². The number of carbonyl (C=O) groups excluding carboxylic acids is 2. The molecule has 2 N–H and O–H groups in total. The fraction of sp³-hybridized carbons (Fsp3) is 0.312. The molecule has 26 heavy (non-hydrogen) atoms. The van der Waals surface area contributed by atoms with Crippen molar-refractivity contribution in [2.45, 2.75) is 6.92 Å². The van der Waals surface area contributed by atoms with Crippen LogP contribution in [0.15, 0.2) is 28.8 Å². The van der Waals surface area contributed by atoms with Gasteiger partial charge in [0.25, 0.3) is 0 Å². The lowest BCUT2D eigenvalue weighted by Gasteiger charge is -2.22. The molecule has 0 aliphatic carbocycles. The maximum atomic E-state index is 12.5. The van der Waals surface area contributed by atoms with Gasteiger partial charge in [-0.05, 0) is 25.1 Å². The van der Waals surface area contributed by atoms with Crippen molar-refractivity contribution < 1.29 is 18.8 Å². The van der Waals surface area contributed by atoms with Crippen molar-refractivity contribution in [3.63, 3.8) is 0 Å². The van der Waals surface area contributed by atoms with Crippen LogP contribution in [0.5, 0.6) is 0 Å². The molecule has 0 fully saturated rings. The Kier molecular flexibility index (Phi) is 7.26. The number of hydrogen-bond acceptors (Lipinski definition) is 5. The molecule has 2 rings (SSSR count). The van der Waals surface area contributed by atoms with Crippen LogP contribution >= 0.6 is 23.2 Å². The quantitative estimate of drug-likeness (QED) is 0.741. The molecule has 0 bridgehead atoms. The molecular weight excluding hydrogens is 383 g/mol. The Morgan fingerprint density at radius 1 is 1.27 bits per heavy atom. The zero-order valence-electron chi connectivity index (χ0n) is 14.2. The number of ether oxygens (including phenoxy) is 1. The Balaban J connectivity index is 2.02. The van der Waals surface area contributed by atoms with E-state index < -0.39 is 11.9 Å². The Hall–Kier alpha value is -2.29. The van der Waals surface area contributed by atoms with E-state index in [1.165, 1.54) is 18.1 Å². The number of rotatable bonds is 7. The first-order chi connectivity index (χ1) is 12.4. The van der Waals surface area contributed by atoms with Crippen molar-refractivity contribution in [2.24, 2.45) is 0 Å². The Bertz CT molecular complexity index is 781. The molecule has 0 radical (unpaired) electrons. The predicted molar refractivity (Wildman–Crippen MR) is 98.8 cm³/mol. The van der Waals surface area contributed by atoms with E-state index in [0.29, 0.717) is 21.5 Å². The van der Waals surface area contributed by atoms with Gasteiger partial charge in [0.1, 0.15) is 12.3 Å². The van der Waals surface area contributed by atoms with Crippen molar-refractivity contribution in [3.05, 3.63) is 40.1 Å². The summed E-state index contributed by atoms with van der Waals surface area (Å²) in [6.07, 6.45) is 0. The number of aromatic nitrogens is 1. The summed E-state index contributed by atoms with van der Waals surface area (Å²) in [5.74, 6) is 0.416. The molecule has 0 saturated heterocycles. The molecule has 3 amide bonds. The summed E-state index contributed by atoms with van der Waals surface area (Å²) in [5.41, 5.74) is 0.385. The average Bonchev–Trinajstić information content (AvgIpc) is 2.98. The second-order valence-electron chi connectivity index (χ2n) is 5.34. The van der Waals surface area contributed by atoms with Gasteiger partial charge < -0.3 is 24.8 Å². The number of carbonyl (C=O) groups is 2. The summed E-state index contributed by atoms with van der Waals surface area (Å²) in [6.45, 7) is 1.97. The summed E-state index contributed by atoms with van der Waals surface area (Å²) in [6, 6.07) is 5.76. The van der Waals surface area contributed by atoms with Crippen LogP contribution in [0, 0.1) is 6.92 Å². The number of halogens is 2. The lowest BCUT2D eigenvalue weighted by Crippen LogP contribution is -2.42. The highest BCUT2D eigenvalue weighted by molar-refractivity contribution is 6.36. The number of urea groups is 1. The number of nitrogens with zero attached hydrogens (tertiary/aromatic N) is 2. The fourth-order valence-electron chi connectivity index (χ4n) is 2.02. The Morgan fingerprint density at radius 3 is 2.65 bits per heavy atom. The van der Waals surface area contributed by atoms with Crippen molar-refractivity contribution >= 4 is 46.6 Å². The third-order valence-corrected chi connectivity index (χ3v) is 3.80. The highest BCUT2D eigenvalue weighted by Crippen LogP contribution is 2.25. The van der Waals surface area contributed by atoms with Crippen molar-refractivity contribution in [1.29, 1.82) is 0 Å². The van der Waals surface area contributed by atoms with Crippen LogP contribution in [-0.4, -0.2) is 48.8 Å². The lowest BCUT2D eigenvalue weighted by molar-refractivity contribution is -0.116. The third-order valence-electron chi connectivity index (χ3n) is 3.26. The van der Waals surface area contributed by atoms with E-state index in [1.807, 2.05) is 0 Å². The summed E-state index contributed by atoms with van der Waals surface area (Å²) >= 11 is 11.9.